The first-order valence-electron chi connectivity index (χ1n) is 5.96. The van der Waals surface area contributed by atoms with Gasteiger partial charge in [-0.15, -0.1) is 0 Å². The maximum atomic E-state index is 5.96. The summed E-state index contributed by atoms with van der Waals surface area (Å²) in [6.45, 7) is 2.72. The van der Waals surface area contributed by atoms with Gasteiger partial charge in [-0.25, -0.2) is 9.97 Å². The van der Waals surface area contributed by atoms with E-state index in [4.69, 9.17) is 17.3 Å². The molecule has 2 N–H and O–H groups in total. The highest BCUT2D eigenvalue weighted by atomic mass is 35.5. The van der Waals surface area contributed by atoms with Crippen molar-refractivity contribution >= 4 is 28.7 Å². The van der Waals surface area contributed by atoms with E-state index in [0.717, 1.165) is 11.2 Å². The summed E-state index contributed by atoms with van der Waals surface area (Å²) in [6, 6.07) is 10.1. The van der Waals surface area contributed by atoms with Crippen molar-refractivity contribution in [3.05, 3.63) is 52.7 Å². The van der Waals surface area contributed by atoms with Crippen LogP contribution in [0, 0.1) is 6.92 Å². The Morgan fingerprint density at radius 1 is 1.32 bits per heavy atom. The van der Waals surface area contributed by atoms with E-state index in [1.54, 1.807) is 12.3 Å². The third-order valence-electron chi connectivity index (χ3n) is 3.00. The average Bonchev–Trinajstić information content (AvgIpc) is 2.65. The number of nitrogens with two attached hydrogens (primary N) is 1. The number of nitrogens with zero attached hydrogens (tertiary/aromatic N) is 3. The molecule has 0 aliphatic heterocycles. The minimum Gasteiger partial charge on any atom is -0.369 e. The van der Waals surface area contributed by atoms with Gasteiger partial charge in [0, 0.05) is 6.20 Å². The number of benzene rings is 1. The first-order chi connectivity index (χ1) is 9.13. The Kier molecular flexibility index (Phi) is 2.87. The molecule has 0 unspecified atom stereocenters. The normalized spacial score (nSPS) is 11.1. The number of imidazole rings is 1. The standard InChI is InChI=1S/C14H13ClN4/c1-9-3-2-4-10(5-9)8-19-13-12(18-14(19)16)6-11(15)7-17-13/h2-7H,8H2,1H3,(H2,16,18). The van der Waals surface area contributed by atoms with Crippen LogP contribution in [0.15, 0.2) is 36.5 Å². The Morgan fingerprint density at radius 2 is 2.16 bits per heavy atom. The molecule has 0 radical (unpaired) electrons. The van der Waals surface area contributed by atoms with Gasteiger partial charge in [0.1, 0.15) is 5.52 Å². The van der Waals surface area contributed by atoms with Crippen LogP contribution >= 0.6 is 11.6 Å². The molecule has 3 rings (SSSR count). The fraction of sp³-hybridized carbons (Fsp3) is 0.143. The molecule has 0 saturated heterocycles. The van der Waals surface area contributed by atoms with Crippen molar-refractivity contribution in [1.82, 2.24) is 14.5 Å². The number of halogens is 1. The molecule has 0 amide bonds. The maximum Gasteiger partial charge on any atom is 0.202 e. The van der Waals surface area contributed by atoms with Crippen LogP contribution in [0.1, 0.15) is 11.1 Å². The van der Waals surface area contributed by atoms with Crippen molar-refractivity contribution in [2.75, 3.05) is 5.73 Å². The monoisotopic (exact) mass is 272 g/mol. The number of pyridine rings is 1. The van der Waals surface area contributed by atoms with Gasteiger partial charge in [0.25, 0.3) is 0 Å². The molecule has 1 aromatic carbocycles. The van der Waals surface area contributed by atoms with Crippen LogP contribution in [0.4, 0.5) is 5.95 Å². The molecule has 0 aliphatic rings. The SMILES string of the molecule is Cc1cccc(Cn2c(N)nc3cc(Cl)cnc32)c1. The van der Waals surface area contributed by atoms with E-state index < -0.39 is 0 Å². The van der Waals surface area contributed by atoms with Crippen LogP contribution < -0.4 is 5.73 Å². The zero-order chi connectivity index (χ0) is 13.4. The minimum atomic E-state index is 0.450. The van der Waals surface area contributed by atoms with E-state index >= 15 is 0 Å². The van der Waals surface area contributed by atoms with Gasteiger partial charge in [-0.3, -0.25) is 4.57 Å². The van der Waals surface area contributed by atoms with Crippen LogP contribution in [-0.2, 0) is 6.54 Å². The molecule has 0 fully saturated rings. The first-order valence-corrected chi connectivity index (χ1v) is 6.34. The van der Waals surface area contributed by atoms with Crippen molar-refractivity contribution in [3.8, 4) is 0 Å². The Balaban J connectivity index is 2.07. The zero-order valence-electron chi connectivity index (χ0n) is 10.5. The van der Waals surface area contributed by atoms with Crippen molar-refractivity contribution in [2.45, 2.75) is 13.5 Å². The molecule has 5 heteroatoms. The molecule has 0 saturated carbocycles. The Hall–Kier alpha value is -2.07. The van der Waals surface area contributed by atoms with E-state index in [9.17, 15) is 0 Å². The Morgan fingerprint density at radius 3 is 2.95 bits per heavy atom. The fourth-order valence-electron chi connectivity index (χ4n) is 2.15. The number of aryl methyl sites for hydroxylation is 1. The molecule has 96 valence electrons. The maximum absolute atomic E-state index is 5.96. The number of fused-ring (bicyclic) bond motifs is 1. The van der Waals surface area contributed by atoms with Gasteiger partial charge in [0.15, 0.2) is 5.65 Å². The van der Waals surface area contributed by atoms with Gasteiger partial charge in [0.05, 0.1) is 11.6 Å². The first kappa shape index (κ1) is 12.0. The van der Waals surface area contributed by atoms with Crippen LogP contribution in [-0.4, -0.2) is 14.5 Å². The molecule has 2 heterocycles. The van der Waals surface area contributed by atoms with Crippen LogP contribution in [0.5, 0.6) is 0 Å². The van der Waals surface area contributed by atoms with E-state index in [1.807, 2.05) is 10.6 Å². The Bertz CT molecular complexity index is 748. The van der Waals surface area contributed by atoms with Crippen molar-refractivity contribution < 1.29 is 0 Å². The lowest BCUT2D eigenvalue weighted by Crippen LogP contribution is -2.05. The minimum absolute atomic E-state index is 0.450. The molecular weight excluding hydrogens is 260 g/mol. The van der Waals surface area contributed by atoms with Gasteiger partial charge in [-0.2, -0.15) is 0 Å². The molecule has 0 bridgehead atoms. The molecule has 3 aromatic rings. The summed E-state index contributed by atoms with van der Waals surface area (Å²) >= 11 is 5.91. The van der Waals surface area contributed by atoms with Crippen LogP contribution in [0.3, 0.4) is 0 Å². The summed E-state index contributed by atoms with van der Waals surface area (Å²) in [5, 5.41) is 0.563. The average molecular weight is 273 g/mol. The lowest BCUT2D eigenvalue weighted by Gasteiger charge is -2.06. The zero-order valence-corrected chi connectivity index (χ0v) is 11.2. The lowest BCUT2D eigenvalue weighted by atomic mass is 10.1. The molecule has 0 aliphatic carbocycles. The Labute approximate surface area is 115 Å². The van der Waals surface area contributed by atoms with Crippen molar-refractivity contribution in [3.63, 3.8) is 0 Å². The van der Waals surface area contributed by atoms with E-state index in [-0.39, 0.29) is 0 Å². The van der Waals surface area contributed by atoms with Gasteiger partial charge in [-0.05, 0) is 18.6 Å². The molecule has 4 nitrogen and oxygen atoms in total. The predicted octanol–water partition coefficient (Wildman–Crippen LogP) is 3.02. The van der Waals surface area contributed by atoms with Crippen LogP contribution in [0.25, 0.3) is 11.2 Å². The van der Waals surface area contributed by atoms with Gasteiger partial charge >= 0.3 is 0 Å². The molecule has 0 spiro atoms. The predicted molar refractivity (Wildman–Crippen MR) is 77.2 cm³/mol. The third kappa shape index (κ3) is 2.27. The second-order valence-corrected chi connectivity index (χ2v) is 4.98. The van der Waals surface area contributed by atoms with Gasteiger partial charge in [-0.1, -0.05) is 41.4 Å². The molecule has 0 atom stereocenters. The van der Waals surface area contributed by atoms with Crippen LogP contribution in [0.2, 0.25) is 5.02 Å². The smallest absolute Gasteiger partial charge is 0.202 e. The second-order valence-electron chi connectivity index (χ2n) is 4.54. The highest BCUT2D eigenvalue weighted by Crippen LogP contribution is 2.20. The van der Waals surface area contributed by atoms with Gasteiger partial charge in [0.2, 0.25) is 5.95 Å². The topological polar surface area (TPSA) is 56.7 Å². The molecule has 19 heavy (non-hydrogen) atoms. The van der Waals surface area contributed by atoms with E-state index in [0.29, 0.717) is 17.5 Å². The quantitative estimate of drug-likeness (QED) is 0.780. The second kappa shape index (κ2) is 4.55. The number of hydrogen-bond donors (Lipinski definition) is 1. The summed E-state index contributed by atoms with van der Waals surface area (Å²) in [7, 11) is 0. The summed E-state index contributed by atoms with van der Waals surface area (Å²) < 4.78 is 1.89. The van der Waals surface area contributed by atoms with Crippen molar-refractivity contribution in [1.29, 1.82) is 0 Å². The fourth-order valence-corrected chi connectivity index (χ4v) is 2.30. The largest absolute Gasteiger partial charge is 0.369 e. The lowest BCUT2D eigenvalue weighted by molar-refractivity contribution is 0.827. The summed E-state index contributed by atoms with van der Waals surface area (Å²) in [4.78, 5) is 8.59. The highest BCUT2D eigenvalue weighted by Gasteiger charge is 2.10. The number of hydrogen-bond acceptors (Lipinski definition) is 3. The number of rotatable bonds is 2. The van der Waals surface area contributed by atoms with Gasteiger partial charge < -0.3 is 5.73 Å². The van der Waals surface area contributed by atoms with E-state index in [2.05, 4.69) is 35.1 Å². The number of nitrogen functional groups attached to an aromatic ring is 1. The summed E-state index contributed by atoms with van der Waals surface area (Å²) in [5.74, 6) is 0.450. The highest BCUT2D eigenvalue weighted by molar-refractivity contribution is 6.31. The summed E-state index contributed by atoms with van der Waals surface area (Å²) in [5.41, 5.74) is 9.82. The number of anilines is 1. The van der Waals surface area contributed by atoms with E-state index in [1.165, 1.54) is 11.1 Å². The molecule has 2 aromatic heterocycles. The third-order valence-corrected chi connectivity index (χ3v) is 3.21. The number of aromatic nitrogens is 3. The van der Waals surface area contributed by atoms with Crippen molar-refractivity contribution in [2.24, 2.45) is 0 Å². The summed E-state index contributed by atoms with van der Waals surface area (Å²) in [6.07, 6.45) is 1.61. The molecular formula is C14H13ClN4.